The second-order valence-corrected chi connectivity index (χ2v) is 5.10. The number of hydrogen-bond acceptors (Lipinski definition) is 0. The first kappa shape index (κ1) is 15.7. The van der Waals surface area contributed by atoms with E-state index < -0.39 is 11.7 Å². The zero-order valence-corrected chi connectivity index (χ0v) is 12.0. The number of hydrogen-bond donors (Lipinski definition) is 0. The molecule has 109 valence electrons. The molecule has 0 spiro atoms. The average molecular weight is 289 g/mol. The second-order valence-electron chi connectivity index (χ2n) is 5.10. The van der Waals surface area contributed by atoms with E-state index in [9.17, 15) is 13.2 Å². The van der Waals surface area contributed by atoms with Crippen molar-refractivity contribution in [2.45, 2.75) is 32.3 Å². The van der Waals surface area contributed by atoms with Gasteiger partial charge in [0.1, 0.15) is 0 Å². The van der Waals surface area contributed by atoms with E-state index in [1.165, 1.54) is 17.7 Å². The van der Waals surface area contributed by atoms with E-state index in [1.807, 2.05) is 19.4 Å². The Bertz CT molecular complexity index is 573. The number of rotatable bonds is 5. The van der Waals surface area contributed by atoms with Crippen LogP contribution in [0.15, 0.2) is 48.5 Å². The summed E-state index contributed by atoms with van der Waals surface area (Å²) in [7, 11) is 1.95. The summed E-state index contributed by atoms with van der Waals surface area (Å²) in [5.74, 6) is 0. The molecule has 0 saturated heterocycles. The lowest BCUT2D eigenvalue weighted by atomic mass is 9.65. The molecule has 0 nitrogen and oxygen atoms in total. The minimum absolute atomic E-state index is 0.497. The molecule has 0 atom stereocenters. The Hall–Kier alpha value is -1.71. The molecular weight excluding hydrogens is 272 g/mol. The first-order valence-electron chi connectivity index (χ1n) is 7.07. The van der Waals surface area contributed by atoms with Crippen molar-refractivity contribution < 1.29 is 13.2 Å². The van der Waals surface area contributed by atoms with Crippen LogP contribution in [-0.2, 0) is 18.9 Å². The molecule has 0 saturated carbocycles. The van der Waals surface area contributed by atoms with Crippen molar-refractivity contribution in [1.82, 2.24) is 0 Å². The van der Waals surface area contributed by atoms with Crippen molar-refractivity contribution in [2.24, 2.45) is 0 Å². The van der Waals surface area contributed by atoms with Crippen LogP contribution in [0.2, 0.25) is 0 Å². The molecule has 0 unspecified atom stereocenters. The van der Waals surface area contributed by atoms with Crippen LogP contribution in [0.25, 0.3) is 0 Å². The van der Waals surface area contributed by atoms with Gasteiger partial charge in [0.15, 0.2) is 7.28 Å². The fraction of sp³-hybridized carbons (Fsp3) is 0.294. The van der Waals surface area contributed by atoms with Crippen LogP contribution in [-0.4, -0.2) is 7.28 Å². The summed E-state index contributed by atoms with van der Waals surface area (Å²) in [6, 6.07) is 13.7. The van der Waals surface area contributed by atoms with Gasteiger partial charge in [0.2, 0.25) is 0 Å². The Morgan fingerprint density at radius 1 is 0.952 bits per heavy atom. The Kier molecular flexibility index (Phi) is 5.10. The van der Waals surface area contributed by atoms with Crippen molar-refractivity contribution in [3.05, 3.63) is 65.2 Å². The zero-order chi connectivity index (χ0) is 15.3. The van der Waals surface area contributed by atoms with Crippen LogP contribution < -0.4 is 5.46 Å². The van der Waals surface area contributed by atoms with Gasteiger partial charge >= 0.3 is 6.18 Å². The van der Waals surface area contributed by atoms with Crippen LogP contribution in [0.3, 0.4) is 0 Å². The molecule has 1 radical (unpaired) electrons. The Labute approximate surface area is 124 Å². The summed E-state index contributed by atoms with van der Waals surface area (Å²) in [4.78, 5) is 0. The summed E-state index contributed by atoms with van der Waals surface area (Å²) < 4.78 is 37.9. The van der Waals surface area contributed by atoms with Gasteiger partial charge in [-0.15, -0.1) is 0 Å². The van der Waals surface area contributed by atoms with E-state index >= 15 is 0 Å². The maximum atomic E-state index is 12.6. The molecule has 21 heavy (non-hydrogen) atoms. The molecule has 0 aromatic heterocycles. The summed E-state index contributed by atoms with van der Waals surface area (Å²) in [5.41, 5.74) is 2.40. The first-order chi connectivity index (χ1) is 9.99. The Morgan fingerprint density at radius 3 is 2.29 bits per heavy atom. The van der Waals surface area contributed by atoms with Crippen molar-refractivity contribution in [3.63, 3.8) is 0 Å². The summed E-state index contributed by atoms with van der Waals surface area (Å²) >= 11 is 0. The molecule has 0 amide bonds. The Balaban J connectivity index is 1.99. The normalized spacial score (nSPS) is 11.4. The van der Waals surface area contributed by atoms with E-state index in [-0.39, 0.29) is 0 Å². The highest BCUT2D eigenvalue weighted by Gasteiger charge is 2.30. The number of alkyl halides is 3. The smallest absolute Gasteiger partial charge is 0.166 e. The number of aryl methyl sites for hydroxylation is 1. The molecule has 2 aromatic rings. The molecule has 0 bridgehead atoms. The molecule has 0 fully saturated rings. The molecule has 0 heterocycles. The maximum Gasteiger partial charge on any atom is 0.416 e. The van der Waals surface area contributed by atoms with Gasteiger partial charge in [-0.3, -0.25) is 0 Å². The highest BCUT2D eigenvalue weighted by molar-refractivity contribution is 6.52. The molecule has 0 aliphatic heterocycles. The standard InChI is InChI=1S/C17H17BF3/c1-2-4-13-7-9-16(10-8-13)18-12-14-5-3-6-15(11-14)17(19,20)21/h3,5-11H,2,4,12H2,1H3. The van der Waals surface area contributed by atoms with Gasteiger partial charge in [-0.05, 0) is 24.4 Å². The minimum atomic E-state index is -4.28. The zero-order valence-electron chi connectivity index (χ0n) is 12.0. The van der Waals surface area contributed by atoms with Gasteiger partial charge in [0.25, 0.3) is 0 Å². The van der Waals surface area contributed by atoms with Gasteiger partial charge in [-0.2, -0.15) is 13.2 Å². The lowest BCUT2D eigenvalue weighted by Gasteiger charge is -2.08. The van der Waals surface area contributed by atoms with Crippen LogP contribution in [0.5, 0.6) is 0 Å². The van der Waals surface area contributed by atoms with Gasteiger partial charge in [0.05, 0.1) is 5.56 Å². The summed E-state index contributed by atoms with van der Waals surface area (Å²) in [6.07, 6.45) is -1.63. The number of halogens is 3. The minimum Gasteiger partial charge on any atom is -0.166 e. The molecule has 0 aliphatic rings. The molecule has 2 rings (SSSR count). The highest BCUT2D eigenvalue weighted by Crippen LogP contribution is 2.29. The van der Waals surface area contributed by atoms with Crippen molar-refractivity contribution in [1.29, 1.82) is 0 Å². The quantitative estimate of drug-likeness (QED) is 0.724. The third-order valence-electron chi connectivity index (χ3n) is 3.35. The molecular formula is C17H17BF3. The van der Waals surface area contributed by atoms with E-state index in [4.69, 9.17) is 0 Å². The van der Waals surface area contributed by atoms with Gasteiger partial charge < -0.3 is 0 Å². The SMILES string of the molecule is CCCc1ccc([B]Cc2cccc(C(F)(F)F)c2)cc1. The second kappa shape index (κ2) is 6.84. The van der Waals surface area contributed by atoms with E-state index in [0.29, 0.717) is 11.9 Å². The summed E-state index contributed by atoms with van der Waals surface area (Å²) in [6.45, 7) is 2.13. The third-order valence-corrected chi connectivity index (χ3v) is 3.35. The van der Waals surface area contributed by atoms with Crippen LogP contribution in [0.1, 0.15) is 30.0 Å². The monoisotopic (exact) mass is 289 g/mol. The van der Waals surface area contributed by atoms with Crippen LogP contribution >= 0.6 is 0 Å². The molecule has 0 aliphatic carbocycles. The van der Waals surface area contributed by atoms with Crippen molar-refractivity contribution in [2.75, 3.05) is 0 Å². The van der Waals surface area contributed by atoms with Crippen LogP contribution in [0.4, 0.5) is 13.2 Å². The first-order valence-corrected chi connectivity index (χ1v) is 7.07. The largest absolute Gasteiger partial charge is 0.416 e. The van der Waals surface area contributed by atoms with E-state index in [0.717, 1.165) is 24.4 Å². The fourth-order valence-corrected chi connectivity index (χ4v) is 2.22. The van der Waals surface area contributed by atoms with Crippen molar-refractivity contribution in [3.8, 4) is 0 Å². The molecule has 2 aromatic carbocycles. The maximum absolute atomic E-state index is 12.6. The molecule has 4 heteroatoms. The third kappa shape index (κ3) is 4.66. The predicted octanol–water partition coefficient (Wildman–Crippen LogP) is 4.19. The van der Waals surface area contributed by atoms with Gasteiger partial charge in [-0.25, -0.2) is 0 Å². The van der Waals surface area contributed by atoms with Crippen molar-refractivity contribution >= 4 is 12.7 Å². The predicted molar refractivity (Wildman–Crippen MR) is 81.0 cm³/mol. The highest BCUT2D eigenvalue weighted by atomic mass is 19.4. The lowest BCUT2D eigenvalue weighted by Crippen LogP contribution is -2.17. The van der Waals surface area contributed by atoms with Gasteiger partial charge in [-0.1, -0.05) is 66.8 Å². The lowest BCUT2D eigenvalue weighted by molar-refractivity contribution is -0.137. The Morgan fingerprint density at radius 2 is 1.67 bits per heavy atom. The molecule has 0 N–H and O–H groups in total. The summed E-state index contributed by atoms with van der Waals surface area (Å²) in [5, 5.41) is 0. The van der Waals surface area contributed by atoms with Gasteiger partial charge in [0, 0.05) is 0 Å². The van der Waals surface area contributed by atoms with E-state index in [1.54, 1.807) is 6.07 Å². The van der Waals surface area contributed by atoms with Crippen LogP contribution in [0, 0.1) is 0 Å². The average Bonchev–Trinajstić information content (AvgIpc) is 2.46. The topological polar surface area (TPSA) is 0 Å². The van der Waals surface area contributed by atoms with E-state index in [2.05, 4.69) is 19.1 Å². The fourth-order valence-electron chi connectivity index (χ4n) is 2.22. The number of benzene rings is 2.